The second-order valence-corrected chi connectivity index (χ2v) is 5.92. The highest BCUT2D eigenvalue weighted by atomic mass is 15.2. The molecule has 0 fully saturated rings. The average molecular weight is 291 g/mol. The Morgan fingerprint density at radius 1 is 0.909 bits per heavy atom. The molecule has 1 aromatic heterocycles. The molecule has 0 atom stereocenters. The predicted molar refractivity (Wildman–Crippen MR) is 92.2 cm³/mol. The van der Waals surface area contributed by atoms with Gasteiger partial charge in [-0.2, -0.15) is 0 Å². The summed E-state index contributed by atoms with van der Waals surface area (Å²) in [6.45, 7) is 5.09. The summed E-state index contributed by atoms with van der Waals surface area (Å²) in [5.41, 5.74) is 2.29. The zero-order chi connectivity index (χ0) is 15.5. The second kappa shape index (κ2) is 6.14. The van der Waals surface area contributed by atoms with Gasteiger partial charge in [-0.3, -0.25) is 0 Å². The number of para-hydroxylation sites is 1. The van der Waals surface area contributed by atoms with Gasteiger partial charge in [-0.25, -0.2) is 9.97 Å². The molecule has 0 saturated heterocycles. The molecule has 3 aromatic rings. The van der Waals surface area contributed by atoms with Crippen LogP contribution in [0.2, 0.25) is 0 Å². The Balaban J connectivity index is 2.04. The largest absolute Gasteiger partial charge is 0.355 e. The van der Waals surface area contributed by atoms with E-state index in [0.717, 1.165) is 29.1 Å². The maximum atomic E-state index is 4.81. The molecule has 0 aliphatic carbocycles. The van der Waals surface area contributed by atoms with Gasteiger partial charge in [-0.05, 0) is 17.7 Å². The SMILES string of the molecule is CC(C)c1nc(N(C)Cc2ccccc2)c2ccccc2n1. The van der Waals surface area contributed by atoms with Crippen LogP contribution in [-0.4, -0.2) is 17.0 Å². The van der Waals surface area contributed by atoms with Gasteiger partial charge in [0.25, 0.3) is 0 Å². The Morgan fingerprint density at radius 2 is 1.59 bits per heavy atom. The predicted octanol–water partition coefficient (Wildman–Crippen LogP) is 4.39. The van der Waals surface area contributed by atoms with E-state index < -0.39 is 0 Å². The normalized spacial score (nSPS) is 11.1. The van der Waals surface area contributed by atoms with Crippen LogP contribution in [0.3, 0.4) is 0 Å². The summed E-state index contributed by atoms with van der Waals surface area (Å²) in [6.07, 6.45) is 0. The standard InChI is InChI=1S/C19H21N3/c1-14(2)18-20-17-12-8-7-11-16(17)19(21-18)22(3)13-15-9-5-4-6-10-15/h4-12,14H,13H2,1-3H3. The number of benzene rings is 2. The molecule has 0 amide bonds. The number of fused-ring (bicyclic) bond motifs is 1. The van der Waals surface area contributed by atoms with Crippen LogP contribution >= 0.6 is 0 Å². The first-order chi connectivity index (χ1) is 10.6. The lowest BCUT2D eigenvalue weighted by atomic mass is 10.1. The summed E-state index contributed by atoms with van der Waals surface area (Å²) in [4.78, 5) is 11.7. The zero-order valence-electron chi connectivity index (χ0n) is 13.3. The Labute approximate surface area is 131 Å². The molecule has 112 valence electrons. The van der Waals surface area contributed by atoms with Crippen molar-refractivity contribution < 1.29 is 0 Å². The van der Waals surface area contributed by atoms with Crippen molar-refractivity contribution in [2.24, 2.45) is 0 Å². The van der Waals surface area contributed by atoms with Crippen molar-refractivity contribution in [2.75, 3.05) is 11.9 Å². The van der Waals surface area contributed by atoms with Crippen LogP contribution in [0.25, 0.3) is 10.9 Å². The van der Waals surface area contributed by atoms with E-state index in [1.165, 1.54) is 5.56 Å². The molecule has 0 aliphatic rings. The van der Waals surface area contributed by atoms with Gasteiger partial charge in [0.1, 0.15) is 11.6 Å². The van der Waals surface area contributed by atoms with E-state index in [2.05, 4.69) is 67.2 Å². The van der Waals surface area contributed by atoms with Gasteiger partial charge in [-0.1, -0.05) is 56.3 Å². The smallest absolute Gasteiger partial charge is 0.140 e. The monoisotopic (exact) mass is 291 g/mol. The quantitative estimate of drug-likeness (QED) is 0.714. The highest BCUT2D eigenvalue weighted by molar-refractivity contribution is 5.89. The summed E-state index contributed by atoms with van der Waals surface area (Å²) in [6, 6.07) is 18.7. The summed E-state index contributed by atoms with van der Waals surface area (Å²) in [7, 11) is 2.09. The number of hydrogen-bond acceptors (Lipinski definition) is 3. The van der Waals surface area contributed by atoms with Crippen molar-refractivity contribution in [2.45, 2.75) is 26.3 Å². The van der Waals surface area contributed by atoms with Crippen molar-refractivity contribution in [1.29, 1.82) is 0 Å². The van der Waals surface area contributed by atoms with E-state index in [4.69, 9.17) is 4.98 Å². The molecule has 0 spiro atoms. The summed E-state index contributed by atoms with van der Waals surface area (Å²) < 4.78 is 0. The van der Waals surface area contributed by atoms with Gasteiger partial charge in [0.15, 0.2) is 0 Å². The van der Waals surface area contributed by atoms with Crippen LogP contribution in [0.4, 0.5) is 5.82 Å². The molecule has 3 heteroatoms. The minimum Gasteiger partial charge on any atom is -0.355 e. The minimum absolute atomic E-state index is 0.313. The molecule has 0 radical (unpaired) electrons. The molecular weight excluding hydrogens is 270 g/mol. The van der Waals surface area contributed by atoms with E-state index in [1.54, 1.807) is 0 Å². The molecule has 0 aliphatic heterocycles. The van der Waals surface area contributed by atoms with Crippen LogP contribution in [-0.2, 0) is 6.54 Å². The summed E-state index contributed by atoms with van der Waals surface area (Å²) >= 11 is 0. The van der Waals surface area contributed by atoms with Gasteiger partial charge in [-0.15, -0.1) is 0 Å². The highest BCUT2D eigenvalue weighted by Crippen LogP contribution is 2.26. The van der Waals surface area contributed by atoms with Gasteiger partial charge < -0.3 is 4.90 Å². The molecule has 0 bridgehead atoms. The molecule has 0 saturated carbocycles. The first kappa shape index (κ1) is 14.5. The number of nitrogens with zero attached hydrogens (tertiary/aromatic N) is 3. The fourth-order valence-corrected chi connectivity index (χ4v) is 2.56. The second-order valence-electron chi connectivity index (χ2n) is 5.92. The number of hydrogen-bond donors (Lipinski definition) is 0. The number of rotatable bonds is 4. The van der Waals surface area contributed by atoms with E-state index in [-0.39, 0.29) is 0 Å². The van der Waals surface area contributed by atoms with Gasteiger partial charge in [0.05, 0.1) is 5.52 Å². The van der Waals surface area contributed by atoms with E-state index in [0.29, 0.717) is 5.92 Å². The topological polar surface area (TPSA) is 29.0 Å². The lowest BCUT2D eigenvalue weighted by molar-refractivity contribution is 0.772. The van der Waals surface area contributed by atoms with Crippen molar-refractivity contribution >= 4 is 16.7 Å². The number of aromatic nitrogens is 2. The Morgan fingerprint density at radius 3 is 2.32 bits per heavy atom. The molecule has 0 N–H and O–H groups in total. The molecule has 22 heavy (non-hydrogen) atoms. The Kier molecular flexibility index (Phi) is 4.05. The average Bonchev–Trinajstić information content (AvgIpc) is 2.54. The van der Waals surface area contributed by atoms with Crippen molar-refractivity contribution in [3.05, 3.63) is 66.0 Å². The minimum atomic E-state index is 0.313. The number of anilines is 1. The summed E-state index contributed by atoms with van der Waals surface area (Å²) in [5.74, 6) is 2.21. The highest BCUT2D eigenvalue weighted by Gasteiger charge is 2.13. The molecule has 3 nitrogen and oxygen atoms in total. The molecule has 2 aromatic carbocycles. The molecule has 0 unspecified atom stereocenters. The van der Waals surface area contributed by atoms with E-state index in [1.807, 2.05) is 18.2 Å². The van der Waals surface area contributed by atoms with Crippen LogP contribution in [0, 0.1) is 0 Å². The Hall–Kier alpha value is -2.42. The lowest BCUT2D eigenvalue weighted by Crippen LogP contribution is -2.19. The van der Waals surface area contributed by atoms with Crippen LogP contribution in [0.15, 0.2) is 54.6 Å². The lowest BCUT2D eigenvalue weighted by Gasteiger charge is -2.21. The van der Waals surface area contributed by atoms with Crippen LogP contribution in [0.1, 0.15) is 31.2 Å². The fourth-order valence-electron chi connectivity index (χ4n) is 2.56. The van der Waals surface area contributed by atoms with Crippen molar-refractivity contribution in [3.63, 3.8) is 0 Å². The van der Waals surface area contributed by atoms with Gasteiger partial charge in [0, 0.05) is 24.9 Å². The third-order valence-electron chi connectivity index (χ3n) is 3.74. The maximum absolute atomic E-state index is 4.81. The molecule has 3 rings (SSSR count). The van der Waals surface area contributed by atoms with Gasteiger partial charge in [0.2, 0.25) is 0 Å². The van der Waals surface area contributed by atoms with Crippen molar-refractivity contribution in [3.8, 4) is 0 Å². The van der Waals surface area contributed by atoms with E-state index >= 15 is 0 Å². The maximum Gasteiger partial charge on any atom is 0.140 e. The van der Waals surface area contributed by atoms with Gasteiger partial charge >= 0.3 is 0 Å². The first-order valence-corrected chi connectivity index (χ1v) is 7.67. The molecular formula is C19H21N3. The zero-order valence-corrected chi connectivity index (χ0v) is 13.3. The Bertz CT molecular complexity index is 766. The van der Waals surface area contributed by atoms with Crippen molar-refractivity contribution in [1.82, 2.24) is 9.97 Å². The fraction of sp³-hybridized carbons (Fsp3) is 0.263. The first-order valence-electron chi connectivity index (χ1n) is 7.67. The third kappa shape index (κ3) is 2.93. The summed E-state index contributed by atoms with van der Waals surface area (Å²) in [5, 5.41) is 1.10. The van der Waals surface area contributed by atoms with Crippen LogP contribution in [0.5, 0.6) is 0 Å². The van der Waals surface area contributed by atoms with E-state index in [9.17, 15) is 0 Å². The molecule has 1 heterocycles. The third-order valence-corrected chi connectivity index (χ3v) is 3.74. The van der Waals surface area contributed by atoms with Crippen LogP contribution < -0.4 is 4.90 Å².